The topological polar surface area (TPSA) is 81.7 Å². The predicted molar refractivity (Wildman–Crippen MR) is 99.6 cm³/mol. The summed E-state index contributed by atoms with van der Waals surface area (Å²) in [6.45, 7) is 7.26. The summed E-state index contributed by atoms with van der Waals surface area (Å²) in [5.74, 6) is 0.369. The van der Waals surface area contributed by atoms with Crippen molar-refractivity contribution in [3.8, 4) is 11.5 Å². The van der Waals surface area contributed by atoms with E-state index in [0.29, 0.717) is 23.5 Å². The molecule has 0 atom stereocenters. The number of carbonyl (C=O) groups excluding carboxylic acids is 1. The van der Waals surface area contributed by atoms with Crippen LogP contribution in [-0.4, -0.2) is 45.1 Å². The van der Waals surface area contributed by atoms with Crippen LogP contribution in [0.1, 0.15) is 44.5 Å². The maximum atomic E-state index is 12.5. The highest BCUT2D eigenvalue weighted by Gasteiger charge is 2.24. The molecule has 0 spiro atoms. The van der Waals surface area contributed by atoms with Gasteiger partial charge in [0.15, 0.2) is 11.5 Å². The summed E-state index contributed by atoms with van der Waals surface area (Å²) < 4.78 is 33.5. The van der Waals surface area contributed by atoms with Gasteiger partial charge in [0.05, 0.1) is 24.0 Å². The lowest BCUT2D eigenvalue weighted by molar-refractivity contribution is 0.0911. The number of carbonyl (C=O) groups is 1. The normalized spacial score (nSPS) is 12.2. The Balaban J connectivity index is 3.00. The van der Waals surface area contributed by atoms with Gasteiger partial charge in [-0.15, -0.1) is 0 Å². The first kappa shape index (κ1) is 21.6. The Kier molecular flexibility index (Phi) is 7.14. The molecule has 8 heteroatoms. The van der Waals surface area contributed by atoms with Crippen LogP contribution in [0.2, 0.25) is 5.02 Å². The number of ether oxygens (including phenoxy) is 2. The summed E-state index contributed by atoms with van der Waals surface area (Å²) in [5.41, 5.74) is -0.377. The molecule has 0 saturated heterocycles. The van der Waals surface area contributed by atoms with Gasteiger partial charge >= 0.3 is 0 Å². The van der Waals surface area contributed by atoms with Crippen molar-refractivity contribution < 1.29 is 22.7 Å². The average molecular weight is 392 g/mol. The second-order valence-electron chi connectivity index (χ2n) is 6.87. The number of rotatable bonds is 8. The van der Waals surface area contributed by atoms with E-state index in [2.05, 4.69) is 5.32 Å². The number of amides is 1. The van der Waals surface area contributed by atoms with E-state index in [4.69, 9.17) is 21.1 Å². The lowest BCUT2D eigenvalue weighted by Crippen LogP contribution is -2.44. The van der Waals surface area contributed by atoms with Crippen LogP contribution in [0, 0.1) is 0 Å². The smallest absolute Gasteiger partial charge is 0.251 e. The van der Waals surface area contributed by atoms with Crippen molar-refractivity contribution in [2.75, 3.05) is 19.1 Å². The minimum atomic E-state index is -3.10. The van der Waals surface area contributed by atoms with Gasteiger partial charge in [0.25, 0.3) is 5.91 Å². The summed E-state index contributed by atoms with van der Waals surface area (Å²) in [7, 11) is -1.63. The number of hydrogen-bond donors (Lipinski definition) is 1. The largest absolute Gasteiger partial charge is 0.493 e. The molecule has 0 fully saturated rings. The molecular weight excluding hydrogens is 366 g/mol. The highest BCUT2D eigenvalue weighted by atomic mass is 35.5. The van der Waals surface area contributed by atoms with Crippen LogP contribution >= 0.6 is 11.6 Å². The summed E-state index contributed by atoms with van der Waals surface area (Å²) in [6, 6.07) is 3.05. The van der Waals surface area contributed by atoms with Gasteiger partial charge in [0.1, 0.15) is 9.84 Å². The van der Waals surface area contributed by atoms with Gasteiger partial charge < -0.3 is 14.8 Å². The van der Waals surface area contributed by atoms with Gasteiger partial charge in [-0.2, -0.15) is 0 Å². The van der Waals surface area contributed by atoms with Gasteiger partial charge in [-0.05, 0) is 46.2 Å². The fraction of sp³-hybridized carbons (Fsp3) is 0.588. The first-order valence-electron chi connectivity index (χ1n) is 7.89. The maximum Gasteiger partial charge on any atom is 0.251 e. The molecule has 142 valence electrons. The SMILES string of the molecule is COc1cc(C(=O)NC(C)(C)CCS(C)(=O)=O)cc(Cl)c1OC(C)C. The molecule has 0 radical (unpaired) electrons. The third-order valence-electron chi connectivity index (χ3n) is 3.39. The van der Waals surface area contributed by atoms with Crippen molar-refractivity contribution in [2.24, 2.45) is 0 Å². The Labute approximate surface area is 154 Å². The molecule has 1 rings (SSSR count). The second kappa shape index (κ2) is 8.27. The van der Waals surface area contributed by atoms with E-state index in [1.165, 1.54) is 19.4 Å². The number of nitrogens with one attached hydrogen (secondary N) is 1. The van der Waals surface area contributed by atoms with Gasteiger partial charge in [0.2, 0.25) is 0 Å². The zero-order valence-electron chi connectivity index (χ0n) is 15.5. The van der Waals surface area contributed by atoms with Crippen LogP contribution in [0.4, 0.5) is 0 Å². The molecule has 0 heterocycles. The summed E-state index contributed by atoms with van der Waals surface area (Å²) >= 11 is 6.23. The number of methoxy groups -OCH3 is 1. The Morgan fingerprint density at radius 3 is 2.40 bits per heavy atom. The van der Waals surface area contributed by atoms with Crippen LogP contribution in [0.15, 0.2) is 12.1 Å². The molecule has 0 aliphatic rings. The molecular formula is C17H26ClNO5S. The Morgan fingerprint density at radius 2 is 1.92 bits per heavy atom. The molecule has 0 bridgehead atoms. The summed E-state index contributed by atoms with van der Waals surface area (Å²) in [4.78, 5) is 12.5. The number of sulfone groups is 1. The highest BCUT2D eigenvalue weighted by Crippen LogP contribution is 2.37. The average Bonchev–Trinajstić information content (AvgIpc) is 2.45. The third-order valence-corrected chi connectivity index (χ3v) is 4.62. The minimum absolute atomic E-state index is 0.00841. The van der Waals surface area contributed by atoms with E-state index in [1.807, 2.05) is 13.8 Å². The van der Waals surface area contributed by atoms with Crippen LogP contribution in [-0.2, 0) is 9.84 Å². The van der Waals surface area contributed by atoms with Crippen LogP contribution in [0.25, 0.3) is 0 Å². The molecule has 1 N–H and O–H groups in total. The first-order chi connectivity index (χ1) is 11.3. The molecule has 0 saturated carbocycles. The first-order valence-corrected chi connectivity index (χ1v) is 10.3. The zero-order valence-corrected chi connectivity index (χ0v) is 17.0. The van der Waals surface area contributed by atoms with Gasteiger partial charge in [0, 0.05) is 17.4 Å². The number of halogens is 1. The monoisotopic (exact) mass is 391 g/mol. The van der Waals surface area contributed by atoms with E-state index in [-0.39, 0.29) is 22.8 Å². The zero-order chi connectivity index (χ0) is 19.4. The van der Waals surface area contributed by atoms with Gasteiger partial charge in [-0.3, -0.25) is 4.79 Å². The van der Waals surface area contributed by atoms with E-state index in [0.717, 1.165) is 0 Å². The lowest BCUT2D eigenvalue weighted by atomic mass is 10.0. The summed E-state index contributed by atoms with van der Waals surface area (Å²) in [5, 5.41) is 3.10. The fourth-order valence-corrected chi connectivity index (χ4v) is 3.22. The lowest BCUT2D eigenvalue weighted by Gasteiger charge is -2.26. The van der Waals surface area contributed by atoms with E-state index < -0.39 is 15.4 Å². The maximum absolute atomic E-state index is 12.5. The molecule has 6 nitrogen and oxygen atoms in total. The van der Waals surface area contributed by atoms with Crippen LogP contribution in [0.5, 0.6) is 11.5 Å². The Hall–Kier alpha value is -1.47. The van der Waals surface area contributed by atoms with E-state index in [1.54, 1.807) is 19.9 Å². The second-order valence-corrected chi connectivity index (χ2v) is 9.54. The molecule has 0 aliphatic heterocycles. The number of hydrogen-bond acceptors (Lipinski definition) is 5. The fourth-order valence-electron chi connectivity index (χ4n) is 2.08. The molecule has 0 aromatic heterocycles. The van der Waals surface area contributed by atoms with Gasteiger partial charge in [-0.1, -0.05) is 11.6 Å². The third kappa shape index (κ3) is 7.12. The molecule has 0 aliphatic carbocycles. The predicted octanol–water partition coefficient (Wildman–Crippen LogP) is 3.08. The molecule has 0 unspecified atom stereocenters. The highest BCUT2D eigenvalue weighted by molar-refractivity contribution is 7.90. The Bertz CT molecular complexity index is 729. The van der Waals surface area contributed by atoms with Crippen molar-refractivity contribution in [3.63, 3.8) is 0 Å². The molecule has 1 aromatic carbocycles. The molecule has 25 heavy (non-hydrogen) atoms. The molecule has 1 amide bonds. The van der Waals surface area contributed by atoms with E-state index in [9.17, 15) is 13.2 Å². The van der Waals surface area contributed by atoms with E-state index >= 15 is 0 Å². The van der Waals surface area contributed by atoms with Crippen molar-refractivity contribution in [1.82, 2.24) is 5.32 Å². The number of benzene rings is 1. The quantitative estimate of drug-likeness (QED) is 0.736. The van der Waals surface area contributed by atoms with Crippen LogP contribution < -0.4 is 14.8 Å². The van der Waals surface area contributed by atoms with Crippen molar-refractivity contribution in [3.05, 3.63) is 22.7 Å². The molecule has 1 aromatic rings. The van der Waals surface area contributed by atoms with Crippen LogP contribution in [0.3, 0.4) is 0 Å². The Morgan fingerprint density at radius 1 is 1.32 bits per heavy atom. The van der Waals surface area contributed by atoms with Crippen molar-refractivity contribution in [1.29, 1.82) is 0 Å². The summed E-state index contributed by atoms with van der Waals surface area (Å²) in [6.07, 6.45) is 1.38. The standard InChI is InChI=1S/C17H26ClNO5S/c1-11(2)24-15-13(18)9-12(10-14(15)23-5)16(20)19-17(3,4)7-8-25(6,21)22/h9-11H,7-8H2,1-6H3,(H,19,20). The van der Waals surface area contributed by atoms with Crippen molar-refractivity contribution in [2.45, 2.75) is 45.8 Å². The minimum Gasteiger partial charge on any atom is -0.493 e. The van der Waals surface area contributed by atoms with Gasteiger partial charge in [-0.25, -0.2) is 8.42 Å². The van der Waals surface area contributed by atoms with Crippen molar-refractivity contribution >= 4 is 27.3 Å².